The zero-order chi connectivity index (χ0) is 40.1. The Balaban J connectivity index is 1.00. The fraction of sp³-hybridized carbons (Fsp3) is 0. The molecule has 0 fully saturated rings. The highest BCUT2D eigenvalue weighted by atomic mass is 14.9. The summed E-state index contributed by atoms with van der Waals surface area (Å²) in [7, 11) is 0. The van der Waals surface area contributed by atoms with Crippen LogP contribution in [0.1, 0.15) is 0 Å². The van der Waals surface area contributed by atoms with Crippen molar-refractivity contribution in [1.82, 2.24) is 24.9 Å². The van der Waals surface area contributed by atoms with Crippen LogP contribution >= 0.6 is 0 Å². The van der Waals surface area contributed by atoms with Gasteiger partial charge in [0, 0.05) is 34.6 Å². The maximum atomic E-state index is 5.13. The van der Waals surface area contributed by atoms with Gasteiger partial charge in [0.15, 0.2) is 5.82 Å². The van der Waals surface area contributed by atoms with Crippen molar-refractivity contribution in [2.24, 2.45) is 0 Å². The summed E-state index contributed by atoms with van der Waals surface area (Å²) in [6.45, 7) is 0. The lowest BCUT2D eigenvalue weighted by Gasteiger charge is -2.14. The van der Waals surface area contributed by atoms with Crippen LogP contribution in [0.5, 0.6) is 0 Å². The van der Waals surface area contributed by atoms with E-state index in [0.29, 0.717) is 5.82 Å². The van der Waals surface area contributed by atoms with Crippen LogP contribution in [0, 0.1) is 0 Å². The Kier molecular flexibility index (Phi) is 9.88. The van der Waals surface area contributed by atoms with E-state index in [1.165, 1.54) is 0 Å². The van der Waals surface area contributed by atoms with Crippen LogP contribution in [0.3, 0.4) is 0 Å². The average molecular weight is 768 g/mol. The standard InChI is InChI=1S/C55H37N5/c1-5-15-38(16-6-1)45-31-46(39-17-7-2-8-18-39)33-47(32-45)48-34-53(49-23-13-14-30-56-49)58-54(35-48)50-29-28-44(37-57-50)40-24-26-43(27-25-40)55-59-51(41-19-9-3-10-20-41)36-52(60-55)42-21-11-4-12-22-42/h1-37H. The second-order valence-electron chi connectivity index (χ2n) is 14.6. The molecule has 10 rings (SSSR count). The molecule has 0 atom stereocenters. The summed E-state index contributed by atoms with van der Waals surface area (Å²) in [4.78, 5) is 24.8. The molecule has 0 N–H and O–H groups in total. The SMILES string of the molecule is c1ccc(-c2cc(-c3ccccc3)cc(-c3cc(-c4ccccn4)nc(-c4ccc(-c5ccc(-c6nc(-c7ccccc7)cc(-c7ccccc7)n6)cc5)cn4)c3)c2)cc1. The summed E-state index contributed by atoms with van der Waals surface area (Å²) in [5.41, 5.74) is 16.7. The Hall–Kier alpha value is -8.15. The minimum absolute atomic E-state index is 0.676. The lowest BCUT2D eigenvalue weighted by molar-refractivity contribution is 1.18. The Bertz CT molecular complexity index is 2910. The van der Waals surface area contributed by atoms with E-state index in [1.54, 1.807) is 6.20 Å². The maximum absolute atomic E-state index is 5.13. The molecule has 5 heteroatoms. The van der Waals surface area contributed by atoms with Gasteiger partial charge in [-0.05, 0) is 93.5 Å². The molecule has 0 aliphatic carbocycles. The summed E-state index contributed by atoms with van der Waals surface area (Å²) >= 11 is 0. The Morgan fingerprint density at radius 3 is 1.12 bits per heavy atom. The number of nitrogens with zero attached hydrogens (tertiary/aromatic N) is 5. The van der Waals surface area contributed by atoms with Crippen molar-refractivity contribution in [3.05, 3.63) is 225 Å². The van der Waals surface area contributed by atoms with Gasteiger partial charge in [-0.3, -0.25) is 9.97 Å². The predicted molar refractivity (Wildman–Crippen MR) is 244 cm³/mol. The number of aromatic nitrogens is 5. The number of hydrogen-bond donors (Lipinski definition) is 0. The molecule has 6 aromatic carbocycles. The van der Waals surface area contributed by atoms with Gasteiger partial charge in [-0.1, -0.05) is 158 Å². The van der Waals surface area contributed by atoms with Crippen LogP contribution in [-0.2, 0) is 0 Å². The summed E-state index contributed by atoms with van der Waals surface area (Å²) in [5, 5.41) is 0. The molecule has 60 heavy (non-hydrogen) atoms. The highest BCUT2D eigenvalue weighted by molar-refractivity contribution is 5.84. The molecule has 0 aliphatic heterocycles. The molecule has 0 amide bonds. The number of pyridine rings is 3. The molecular weight excluding hydrogens is 731 g/mol. The van der Waals surface area contributed by atoms with E-state index in [2.05, 4.69) is 157 Å². The van der Waals surface area contributed by atoms with E-state index < -0.39 is 0 Å². The molecule has 0 bridgehead atoms. The first-order chi connectivity index (χ1) is 29.7. The van der Waals surface area contributed by atoms with Crippen LogP contribution in [0.25, 0.3) is 101 Å². The van der Waals surface area contributed by atoms with E-state index in [0.717, 1.165) is 95.4 Å². The lowest BCUT2D eigenvalue weighted by Crippen LogP contribution is -1.96. The third-order valence-corrected chi connectivity index (χ3v) is 10.6. The normalized spacial score (nSPS) is 11.0. The smallest absolute Gasteiger partial charge is 0.160 e. The molecule has 4 heterocycles. The van der Waals surface area contributed by atoms with E-state index in [9.17, 15) is 0 Å². The maximum Gasteiger partial charge on any atom is 0.160 e. The zero-order valence-corrected chi connectivity index (χ0v) is 32.6. The van der Waals surface area contributed by atoms with Crippen molar-refractivity contribution in [3.63, 3.8) is 0 Å². The van der Waals surface area contributed by atoms with E-state index >= 15 is 0 Å². The van der Waals surface area contributed by atoms with Crippen LogP contribution < -0.4 is 0 Å². The molecule has 5 nitrogen and oxygen atoms in total. The first kappa shape index (κ1) is 36.2. The van der Waals surface area contributed by atoms with Crippen LogP contribution in [0.2, 0.25) is 0 Å². The summed E-state index contributed by atoms with van der Waals surface area (Å²) in [6.07, 6.45) is 3.72. The van der Waals surface area contributed by atoms with Crippen molar-refractivity contribution in [2.75, 3.05) is 0 Å². The van der Waals surface area contributed by atoms with Gasteiger partial charge >= 0.3 is 0 Å². The first-order valence-corrected chi connectivity index (χ1v) is 20.0. The monoisotopic (exact) mass is 767 g/mol. The fourth-order valence-corrected chi connectivity index (χ4v) is 7.48. The quantitative estimate of drug-likeness (QED) is 0.146. The number of rotatable bonds is 9. The molecule has 282 valence electrons. The van der Waals surface area contributed by atoms with E-state index in [1.807, 2.05) is 66.9 Å². The first-order valence-electron chi connectivity index (χ1n) is 20.0. The Morgan fingerprint density at radius 1 is 0.217 bits per heavy atom. The topological polar surface area (TPSA) is 64.5 Å². The Labute approximate surface area is 349 Å². The highest BCUT2D eigenvalue weighted by Gasteiger charge is 2.15. The zero-order valence-electron chi connectivity index (χ0n) is 32.6. The second kappa shape index (κ2) is 16.4. The van der Waals surface area contributed by atoms with Gasteiger partial charge in [0.1, 0.15) is 0 Å². The third-order valence-electron chi connectivity index (χ3n) is 10.6. The van der Waals surface area contributed by atoms with Gasteiger partial charge in [0.2, 0.25) is 0 Å². The van der Waals surface area contributed by atoms with Gasteiger partial charge in [0.05, 0.1) is 34.2 Å². The minimum atomic E-state index is 0.676. The minimum Gasteiger partial charge on any atom is -0.255 e. The van der Waals surface area contributed by atoms with Gasteiger partial charge < -0.3 is 0 Å². The van der Waals surface area contributed by atoms with Gasteiger partial charge in [-0.2, -0.15) is 0 Å². The van der Waals surface area contributed by atoms with Crippen LogP contribution in [0.15, 0.2) is 225 Å². The summed E-state index contributed by atoms with van der Waals surface area (Å²) in [5.74, 6) is 0.676. The van der Waals surface area contributed by atoms with Crippen molar-refractivity contribution >= 4 is 0 Å². The van der Waals surface area contributed by atoms with Crippen molar-refractivity contribution in [3.8, 4) is 101 Å². The highest BCUT2D eigenvalue weighted by Crippen LogP contribution is 2.36. The lowest BCUT2D eigenvalue weighted by atomic mass is 9.93. The largest absolute Gasteiger partial charge is 0.255 e. The molecule has 0 spiro atoms. The molecule has 4 aromatic heterocycles. The van der Waals surface area contributed by atoms with Crippen molar-refractivity contribution in [2.45, 2.75) is 0 Å². The molecule has 0 unspecified atom stereocenters. The van der Waals surface area contributed by atoms with Crippen LogP contribution in [0.4, 0.5) is 0 Å². The molecular formula is C55H37N5. The molecule has 0 saturated carbocycles. The average Bonchev–Trinajstić information content (AvgIpc) is 3.35. The second-order valence-corrected chi connectivity index (χ2v) is 14.6. The molecule has 0 saturated heterocycles. The van der Waals surface area contributed by atoms with Crippen molar-refractivity contribution in [1.29, 1.82) is 0 Å². The van der Waals surface area contributed by atoms with Gasteiger partial charge in [-0.15, -0.1) is 0 Å². The van der Waals surface area contributed by atoms with E-state index in [4.69, 9.17) is 19.9 Å². The van der Waals surface area contributed by atoms with Crippen LogP contribution in [-0.4, -0.2) is 24.9 Å². The Morgan fingerprint density at radius 2 is 0.633 bits per heavy atom. The molecule has 0 aliphatic rings. The number of benzene rings is 6. The summed E-state index contributed by atoms with van der Waals surface area (Å²) < 4.78 is 0. The van der Waals surface area contributed by atoms with Gasteiger partial charge in [-0.25, -0.2) is 15.0 Å². The summed E-state index contributed by atoms with van der Waals surface area (Å²) in [6, 6.07) is 73.1. The predicted octanol–water partition coefficient (Wildman–Crippen LogP) is 13.7. The number of hydrogen-bond acceptors (Lipinski definition) is 5. The molecule has 0 radical (unpaired) electrons. The van der Waals surface area contributed by atoms with Gasteiger partial charge in [0.25, 0.3) is 0 Å². The van der Waals surface area contributed by atoms with Crippen molar-refractivity contribution < 1.29 is 0 Å². The third kappa shape index (κ3) is 7.76. The fourth-order valence-electron chi connectivity index (χ4n) is 7.48. The molecule has 10 aromatic rings. The van der Waals surface area contributed by atoms with E-state index in [-0.39, 0.29) is 0 Å².